The molecule has 0 aliphatic rings. The Hall–Kier alpha value is -1.34. The van der Waals surface area contributed by atoms with E-state index >= 15 is 0 Å². The second-order valence-corrected chi connectivity index (χ2v) is 4.21. The summed E-state index contributed by atoms with van der Waals surface area (Å²) in [4.78, 5) is 0. The van der Waals surface area contributed by atoms with Crippen LogP contribution in [0.5, 0.6) is 11.5 Å². The van der Waals surface area contributed by atoms with Crippen molar-refractivity contribution in [2.24, 2.45) is 10.8 Å². The summed E-state index contributed by atoms with van der Waals surface area (Å²) in [6, 6.07) is 3.61. The fraction of sp³-hybridized carbons (Fsp3) is 0.200. The molecule has 0 heterocycles. The first kappa shape index (κ1) is 13.7. The number of methoxy groups -OCH3 is 2. The zero-order valence-electron chi connectivity index (χ0n) is 9.36. The van der Waals surface area contributed by atoms with E-state index in [0.717, 1.165) is 10.0 Å². The quantitative estimate of drug-likeness (QED) is 0.502. The lowest BCUT2D eigenvalue weighted by Gasteiger charge is -2.09. The molecule has 92 valence electrons. The van der Waals surface area contributed by atoms with Gasteiger partial charge in [-0.3, -0.25) is 5.43 Å². The molecule has 0 atom stereocenters. The number of halogens is 1. The Morgan fingerprint density at radius 3 is 2.35 bits per heavy atom. The van der Waals surface area contributed by atoms with Crippen LogP contribution in [-0.4, -0.2) is 25.5 Å². The molecule has 0 saturated heterocycles. The van der Waals surface area contributed by atoms with Gasteiger partial charge in [-0.15, -0.1) is 0 Å². The van der Waals surface area contributed by atoms with Gasteiger partial charge in [-0.2, -0.15) is 5.10 Å². The molecule has 5 nitrogen and oxygen atoms in total. The van der Waals surface area contributed by atoms with Crippen molar-refractivity contribution in [3.63, 3.8) is 0 Å². The van der Waals surface area contributed by atoms with Gasteiger partial charge in [0.05, 0.1) is 20.4 Å². The number of nitrogens with zero attached hydrogens (tertiary/aromatic N) is 1. The van der Waals surface area contributed by atoms with Crippen LogP contribution in [0.15, 0.2) is 21.7 Å². The first-order valence-corrected chi connectivity index (χ1v) is 5.78. The molecule has 0 fully saturated rings. The van der Waals surface area contributed by atoms with E-state index in [-0.39, 0.29) is 5.11 Å². The van der Waals surface area contributed by atoms with Gasteiger partial charge >= 0.3 is 0 Å². The van der Waals surface area contributed by atoms with Gasteiger partial charge in [0.2, 0.25) is 0 Å². The summed E-state index contributed by atoms with van der Waals surface area (Å²) in [6.07, 6.45) is 1.57. The second kappa shape index (κ2) is 6.41. The number of hydrazone groups is 1. The van der Waals surface area contributed by atoms with Crippen LogP contribution in [0.4, 0.5) is 0 Å². The van der Waals surface area contributed by atoms with Crippen molar-refractivity contribution in [1.82, 2.24) is 5.43 Å². The van der Waals surface area contributed by atoms with E-state index in [1.807, 2.05) is 0 Å². The van der Waals surface area contributed by atoms with Gasteiger partial charge in [0, 0.05) is 5.56 Å². The molecular formula is C10H12BrN3O2S. The standard InChI is InChI=1S/C10H12BrN3O2S/c1-15-7-3-6(5-13-14-10(12)17)4-8(16-2)9(7)11/h3-5H,1-2H3,(H3,12,14,17). The Morgan fingerprint density at radius 2 is 1.94 bits per heavy atom. The van der Waals surface area contributed by atoms with Gasteiger partial charge in [-0.1, -0.05) is 0 Å². The first-order chi connectivity index (χ1) is 8.08. The number of benzene rings is 1. The number of hydrogen-bond acceptors (Lipinski definition) is 4. The van der Waals surface area contributed by atoms with Gasteiger partial charge in [-0.25, -0.2) is 0 Å². The molecule has 1 rings (SSSR count). The van der Waals surface area contributed by atoms with E-state index in [1.54, 1.807) is 32.6 Å². The summed E-state index contributed by atoms with van der Waals surface area (Å²) in [5.74, 6) is 1.31. The average Bonchev–Trinajstić information content (AvgIpc) is 2.30. The molecule has 0 radical (unpaired) electrons. The van der Waals surface area contributed by atoms with Crippen LogP contribution in [-0.2, 0) is 0 Å². The predicted octanol–water partition coefficient (Wildman–Crippen LogP) is 1.63. The summed E-state index contributed by atoms with van der Waals surface area (Å²) in [6.45, 7) is 0. The highest BCUT2D eigenvalue weighted by atomic mass is 79.9. The van der Waals surface area contributed by atoms with Gasteiger partial charge < -0.3 is 15.2 Å². The minimum absolute atomic E-state index is 0.109. The summed E-state index contributed by atoms with van der Waals surface area (Å²) in [5.41, 5.74) is 8.51. The fourth-order valence-corrected chi connectivity index (χ4v) is 1.74. The Bertz CT molecular complexity index is 426. The molecule has 0 bridgehead atoms. The van der Waals surface area contributed by atoms with E-state index in [1.165, 1.54) is 0 Å². The number of nitrogens with one attached hydrogen (secondary N) is 1. The maximum atomic E-state index is 5.24. The minimum Gasteiger partial charge on any atom is -0.495 e. The molecule has 0 spiro atoms. The third-order valence-corrected chi connectivity index (χ3v) is 2.73. The average molecular weight is 318 g/mol. The molecule has 3 N–H and O–H groups in total. The van der Waals surface area contributed by atoms with Gasteiger partial charge in [0.1, 0.15) is 16.0 Å². The molecule has 0 unspecified atom stereocenters. The van der Waals surface area contributed by atoms with Crippen molar-refractivity contribution in [2.45, 2.75) is 0 Å². The Labute approximate surface area is 113 Å². The zero-order chi connectivity index (χ0) is 12.8. The Morgan fingerprint density at radius 1 is 1.41 bits per heavy atom. The lowest BCUT2D eigenvalue weighted by atomic mass is 10.2. The zero-order valence-corrected chi connectivity index (χ0v) is 11.8. The predicted molar refractivity (Wildman–Crippen MR) is 74.8 cm³/mol. The van der Waals surface area contributed by atoms with Crippen molar-refractivity contribution in [2.75, 3.05) is 14.2 Å². The van der Waals surface area contributed by atoms with Crippen LogP contribution in [0.2, 0.25) is 0 Å². The molecule has 7 heteroatoms. The van der Waals surface area contributed by atoms with Crippen LogP contribution >= 0.6 is 28.1 Å². The highest BCUT2D eigenvalue weighted by molar-refractivity contribution is 9.10. The van der Waals surface area contributed by atoms with E-state index in [9.17, 15) is 0 Å². The van der Waals surface area contributed by atoms with Gasteiger partial charge in [0.25, 0.3) is 0 Å². The van der Waals surface area contributed by atoms with E-state index in [0.29, 0.717) is 11.5 Å². The van der Waals surface area contributed by atoms with Crippen molar-refractivity contribution >= 4 is 39.5 Å². The number of ether oxygens (including phenoxy) is 2. The molecule has 0 amide bonds. The fourth-order valence-electron chi connectivity index (χ4n) is 1.13. The largest absolute Gasteiger partial charge is 0.495 e. The first-order valence-electron chi connectivity index (χ1n) is 4.58. The number of hydrogen-bond donors (Lipinski definition) is 2. The molecule has 1 aromatic rings. The van der Waals surface area contributed by atoms with Crippen LogP contribution in [0.1, 0.15) is 5.56 Å². The SMILES string of the molecule is COc1cc(C=NNC(N)=S)cc(OC)c1Br. The maximum Gasteiger partial charge on any atom is 0.184 e. The Kier molecular flexibility index (Phi) is 5.17. The lowest BCUT2D eigenvalue weighted by molar-refractivity contribution is 0.389. The van der Waals surface area contributed by atoms with Crippen molar-refractivity contribution in [1.29, 1.82) is 0 Å². The smallest absolute Gasteiger partial charge is 0.184 e. The number of thiocarbonyl (C=S) groups is 1. The van der Waals surface area contributed by atoms with Crippen LogP contribution in [0.25, 0.3) is 0 Å². The van der Waals surface area contributed by atoms with Gasteiger partial charge in [0.15, 0.2) is 5.11 Å². The molecule has 0 aliphatic carbocycles. The lowest BCUT2D eigenvalue weighted by Crippen LogP contribution is -2.23. The van der Waals surface area contributed by atoms with Crippen molar-refractivity contribution in [3.05, 3.63) is 22.2 Å². The molecule has 1 aromatic carbocycles. The second-order valence-electron chi connectivity index (χ2n) is 2.97. The van der Waals surface area contributed by atoms with Crippen molar-refractivity contribution < 1.29 is 9.47 Å². The van der Waals surface area contributed by atoms with Crippen LogP contribution in [0, 0.1) is 0 Å². The maximum absolute atomic E-state index is 5.24. The van der Waals surface area contributed by atoms with E-state index in [4.69, 9.17) is 15.2 Å². The van der Waals surface area contributed by atoms with E-state index in [2.05, 4.69) is 38.7 Å². The number of rotatable bonds is 4. The summed E-state index contributed by atoms with van der Waals surface area (Å²) >= 11 is 8.00. The van der Waals surface area contributed by atoms with E-state index < -0.39 is 0 Å². The highest BCUT2D eigenvalue weighted by Gasteiger charge is 2.08. The third-order valence-electron chi connectivity index (χ3n) is 1.86. The normalized spacial score (nSPS) is 10.3. The highest BCUT2D eigenvalue weighted by Crippen LogP contribution is 2.35. The molecule has 0 aromatic heterocycles. The topological polar surface area (TPSA) is 68.9 Å². The molecular weight excluding hydrogens is 306 g/mol. The van der Waals surface area contributed by atoms with Crippen LogP contribution < -0.4 is 20.6 Å². The Balaban J connectivity index is 3.00. The number of nitrogens with two attached hydrogens (primary N) is 1. The van der Waals surface area contributed by atoms with Crippen molar-refractivity contribution in [3.8, 4) is 11.5 Å². The third kappa shape index (κ3) is 3.86. The molecule has 0 aliphatic heterocycles. The van der Waals surface area contributed by atoms with Gasteiger partial charge in [-0.05, 0) is 40.3 Å². The van der Waals surface area contributed by atoms with Crippen LogP contribution in [0.3, 0.4) is 0 Å². The molecule has 17 heavy (non-hydrogen) atoms. The molecule has 0 saturated carbocycles. The monoisotopic (exact) mass is 317 g/mol. The summed E-state index contributed by atoms with van der Waals surface area (Å²) < 4.78 is 11.1. The summed E-state index contributed by atoms with van der Waals surface area (Å²) in [5, 5.41) is 3.96. The summed E-state index contributed by atoms with van der Waals surface area (Å²) in [7, 11) is 3.15. The minimum atomic E-state index is 0.109.